The summed E-state index contributed by atoms with van der Waals surface area (Å²) in [6.07, 6.45) is 3.88. The van der Waals surface area contributed by atoms with E-state index >= 15 is 0 Å². The lowest BCUT2D eigenvalue weighted by molar-refractivity contribution is 0.578. The van der Waals surface area contributed by atoms with Crippen molar-refractivity contribution in [3.8, 4) is 0 Å². The largest absolute Gasteiger partial charge is 0.383 e. The Morgan fingerprint density at radius 1 is 1.10 bits per heavy atom. The zero-order chi connectivity index (χ0) is 15.0. The number of benzene rings is 1. The minimum absolute atomic E-state index is 0.0202. The van der Waals surface area contributed by atoms with E-state index in [4.69, 9.17) is 10.7 Å². The van der Waals surface area contributed by atoms with Crippen LogP contribution < -0.4 is 10.6 Å². The molecule has 0 unspecified atom stereocenters. The van der Waals surface area contributed by atoms with Crippen molar-refractivity contribution in [3.63, 3.8) is 0 Å². The molecule has 2 aromatic rings. The zero-order valence-corrected chi connectivity index (χ0v) is 13.3. The lowest BCUT2D eigenvalue weighted by atomic mass is 9.86. The lowest BCUT2D eigenvalue weighted by Gasteiger charge is -2.30. The normalized spacial score (nSPS) is 16.4. The number of fused-ring (bicyclic) bond motifs is 1. The van der Waals surface area contributed by atoms with Crippen molar-refractivity contribution in [2.75, 3.05) is 23.7 Å². The number of aromatic nitrogens is 1. The molecule has 0 aliphatic carbocycles. The van der Waals surface area contributed by atoms with Crippen molar-refractivity contribution in [2.45, 2.75) is 45.4 Å². The topological polar surface area (TPSA) is 42.2 Å². The Balaban J connectivity index is 2.13. The number of piperidine rings is 1. The molecule has 21 heavy (non-hydrogen) atoms. The summed E-state index contributed by atoms with van der Waals surface area (Å²) in [5, 5.41) is 1.19. The first-order valence-corrected chi connectivity index (χ1v) is 7.91. The van der Waals surface area contributed by atoms with E-state index in [-0.39, 0.29) is 5.41 Å². The Bertz CT molecular complexity index is 649. The van der Waals surface area contributed by atoms with Crippen LogP contribution in [0.15, 0.2) is 24.3 Å². The van der Waals surface area contributed by atoms with Gasteiger partial charge in [-0.1, -0.05) is 32.9 Å². The number of nitrogen functional groups attached to an aromatic ring is 1. The fraction of sp³-hybridized carbons (Fsp3) is 0.500. The first-order valence-electron chi connectivity index (χ1n) is 7.91. The molecule has 1 saturated heterocycles. The molecule has 3 nitrogen and oxygen atoms in total. The fourth-order valence-corrected chi connectivity index (χ4v) is 3.19. The number of hydrogen-bond acceptors (Lipinski definition) is 3. The van der Waals surface area contributed by atoms with Gasteiger partial charge < -0.3 is 10.6 Å². The molecule has 2 heterocycles. The maximum absolute atomic E-state index is 6.24. The van der Waals surface area contributed by atoms with Crippen LogP contribution in [-0.4, -0.2) is 18.1 Å². The number of hydrogen-bond donors (Lipinski definition) is 1. The fourth-order valence-electron chi connectivity index (χ4n) is 3.19. The smallest absolute Gasteiger partial charge is 0.127 e. The number of para-hydroxylation sites is 1. The highest BCUT2D eigenvalue weighted by atomic mass is 15.1. The van der Waals surface area contributed by atoms with Gasteiger partial charge in [0.2, 0.25) is 0 Å². The molecule has 0 spiro atoms. The molecule has 0 bridgehead atoms. The van der Waals surface area contributed by atoms with Gasteiger partial charge in [0.15, 0.2) is 0 Å². The van der Waals surface area contributed by atoms with Gasteiger partial charge in [-0.25, -0.2) is 4.98 Å². The van der Waals surface area contributed by atoms with E-state index in [2.05, 4.69) is 49.9 Å². The summed E-state index contributed by atoms with van der Waals surface area (Å²) in [4.78, 5) is 7.21. The molecule has 2 N–H and O–H groups in total. The number of nitrogens with zero attached hydrogens (tertiary/aromatic N) is 2. The Kier molecular flexibility index (Phi) is 3.52. The first-order chi connectivity index (χ1) is 9.97. The predicted octanol–water partition coefficient (Wildman–Crippen LogP) is 4.10. The van der Waals surface area contributed by atoms with E-state index in [9.17, 15) is 0 Å². The monoisotopic (exact) mass is 283 g/mol. The van der Waals surface area contributed by atoms with Crippen LogP contribution in [-0.2, 0) is 5.41 Å². The third kappa shape index (κ3) is 2.69. The van der Waals surface area contributed by atoms with Crippen LogP contribution in [0, 0.1) is 0 Å². The van der Waals surface area contributed by atoms with Crippen LogP contribution in [0.2, 0.25) is 0 Å². The second-order valence-electron chi connectivity index (χ2n) is 7.07. The third-order valence-electron chi connectivity index (χ3n) is 4.36. The molecule has 3 rings (SSSR count). The van der Waals surface area contributed by atoms with E-state index in [0.717, 1.165) is 24.2 Å². The molecular formula is C18H25N3. The molecule has 3 heteroatoms. The zero-order valence-electron chi connectivity index (χ0n) is 13.3. The van der Waals surface area contributed by atoms with Crippen molar-refractivity contribution in [3.05, 3.63) is 29.8 Å². The van der Waals surface area contributed by atoms with Gasteiger partial charge in [0.1, 0.15) is 5.82 Å². The SMILES string of the molecule is CC(C)(C)c1cc2cccc(N3CCCCC3)c2nc1N. The minimum atomic E-state index is 0.0202. The summed E-state index contributed by atoms with van der Waals surface area (Å²) in [5.41, 5.74) is 9.67. The van der Waals surface area contributed by atoms with Crippen LogP contribution in [0.3, 0.4) is 0 Å². The van der Waals surface area contributed by atoms with Crippen molar-refractivity contribution in [1.82, 2.24) is 4.98 Å². The second-order valence-corrected chi connectivity index (χ2v) is 7.07. The highest BCUT2D eigenvalue weighted by Crippen LogP contribution is 2.33. The summed E-state index contributed by atoms with van der Waals surface area (Å²) >= 11 is 0. The highest BCUT2D eigenvalue weighted by Gasteiger charge is 2.20. The highest BCUT2D eigenvalue weighted by molar-refractivity contribution is 5.92. The van der Waals surface area contributed by atoms with Crippen molar-refractivity contribution < 1.29 is 0 Å². The van der Waals surface area contributed by atoms with Gasteiger partial charge in [-0.05, 0) is 36.8 Å². The molecule has 112 valence electrons. The Hall–Kier alpha value is -1.77. The van der Waals surface area contributed by atoms with Gasteiger partial charge in [0, 0.05) is 24.0 Å². The lowest BCUT2D eigenvalue weighted by Crippen LogP contribution is -2.29. The quantitative estimate of drug-likeness (QED) is 0.856. The summed E-state index contributed by atoms with van der Waals surface area (Å²) in [6, 6.07) is 8.67. The first kappa shape index (κ1) is 14.2. The summed E-state index contributed by atoms with van der Waals surface area (Å²) in [5.74, 6) is 0.666. The standard InChI is InChI=1S/C18H25N3/c1-18(2,3)14-12-13-8-7-9-15(16(13)20-17(14)19)21-10-5-4-6-11-21/h7-9,12H,4-6,10-11H2,1-3H3,(H2,19,20). The van der Waals surface area contributed by atoms with Gasteiger partial charge in [-0.3, -0.25) is 0 Å². The summed E-state index contributed by atoms with van der Waals surface area (Å²) < 4.78 is 0. The molecule has 0 atom stereocenters. The van der Waals surface area contributed by atoms with E-state index in [0.29, 0.717) is 5.82 Å². The van der Waals surface area contributed by atoms with Gasteiger partial charge in [0.25, 0.3) is 0 Å². The van der Waals surface area contributed by atoms with E-state index < -0.39 is 0 Å². The number of pyridine rings is 1. The van der Waals surface area contributed by atoms with Gasteiger partial charge in [-0.2, -0.15) is 0 Å². The maximum atomic E-state index is 6.24. The maximum Gasteiger partial charge on any atom is 0.127 e. The average molecular weight is 283 g/mol. The van der Waals surface area contributed by atoms with Gasteiger partial charge in [-0.15, -0.1) is 0 Å². The van der Waals surface area contributed by atoms with E-state index in [1.165, 1.54) is 30.3 Å². The predicted molar refractivity (Wildman–Crippen MR) is 90.9 cm³/mol. The Morgan fingerprint density at radius 3 is 2.48 bits per heavy atom. The van der Waals surface area contributed by atoms with E-state index in [1.807, 2.05) is 0 Å². The van der Waals surface area contributed by atoms with Crippen LogP contribution in [0.5, 0.6) is 0 Å². The summed E-state index contributed by atoms with van der Waals surface area (Å²) in [6.45, 7) is 8.80. The van der Waals surface area contributed by atoms with Gasteiger partial charge >= 0.3 is 0 Å². The van der Waals surface area contributed by atoms with E-state index in [1.54, 1.807) is 0 Å². The molecule has 0 saturated carbocycles. The molecule has 1 aromatic heterocycles. The molecule has 1 fully saturated rings. The molecule has 1 aromatic carbocycles. The third-order valence-corrected chi connectivity index (χ3v) is 4.36. The number of anilines is 2. The Morgan fingerprint density at radius 2 is 1.81 bits per heavy atom. The van der Waals surface area contributed by atoms with Crippen molar-refractivity contribution in [2.24, 2.45) is 0 Å². The molecule has 1 aliphatic rings. The van der Waals surface area contributed by atoms with Gasteiger partial charge in [0.05, 0.1) is 11.2 Å². The number of nitrogens with two attached hydrogens (primary N) is 1. The molecule has 1 aliphatic heterocycles. The average Bonchev–Trinajstić information content (AvgIpc) is 2.46. The minimum Gasteiger partial charge on any atom is -0.383 e. The van der Waals surface area contributed by atoms with Crippen LogP contribution in [0.1, 0.15) is 45.6 Å². The second kappa shape index (κ2) is 5.21. The summed E-state index contributed by atoms with van der Waals surface area (Å²) in [7, 11) is 0. The molecular weight excluding hydrogens is 258 g/mol. The number of rotatable bonds is 1. The van der Waals surface area contributed by atoms with Crippen LogP contribution >= 0.6 is 0 Å². The molecule has 0 amide bonds. The molecule has 0 radical (unpaired) electrons. The van der Waals surface area contributed by atoms with Crippen molar-refractivity contribution in [1.29, 1.82) is 0 Å². The van der Waals surface area contributed by atoms with Crippen LogP contribution in [0.25, 0.3) is 10.9 Å². The Labute approximate surface area is 127 Å². The van der Waals surface area contributed by atoms with Crippen molar-refractivity contribution >= 4 is 22.4 Å². The van der Waals surface area contributed by atoms with Crippen LogP contribution in [0.4, 0.5) is 11.5 Å².